The summed E-state index contributed by atoms with van der Waals surface area (Å²) in [5.74, 6) is 0.358. The fourth-order valence-electron chi connectivity index (χ4n) is 2.78. The summed E-state index contributed by atoms with van der Waals surface area (Å²) in [7, 11) is 0. The van der Waals surface area contributed by atoms with Crippen molar-refractivity contribution in [2.75, 3.05) is 31.2 Å². The maximum absolute atomic E-state index is 9.81. The van der Waals surface area contributed by atoms with Gasteiger partial charge < -0.3 is 14.7 Å². The Labute approximate surface area is 137 Å². The highest BCUT2D eigenvalue weighted by Gasteiger charge is 2.10. The highest BCUT2D eigenvalue weighted by molar-refractivity contribution is 5.83. The van der Waals surface area contributed by atoms with Gasteiger partial charge >= 0.3 is 0 Å². The molecule has 1 fully saturated rings. The average Bonchev–Trinajstić information content (AvgIpc) is 2.59. The molecular formula is C19H22N2O2. The molecule has 1 N–H and O–H groups in total. The molecule has 0 saturated carbocycles. The van der Waals surface area contributed by atoms with Crippen molar-refractivity contribution in [2.24, 2.45) is 4.99 Å². The highest BCUT2D eigenvalue weighted by atomic mass is 16.5. The van der Waals surface area contributed by atoms with E-state index >= 15 is 0 Å². The Morgan fingerprint density at radius 3 is 2.26 bits per heavy atom. The van der Waals surface area contributed by atoms with Gasteiger partial charge in [-0.05, 0) is 66.9 Å². The van der Waals surface area contributed by atoms with Crippen LogP contribution in [0.4, 0.5) is 11.4 Å². The molecule has 1 saturated heterocycles. The Morgan fingerprint density at radius 1 is 1.04 bits per heavy atom. The Morgan fingerprint density at radius 2 is 1.65 bits per heavy atom. The number of benzene rings is 2. The summed E-state index contributed by atoms with van der Waals surface area (Å²) < 4.78 is 5.38. The third-order valence-corrected chi connectivity index (χ3v) is 4.10. The molecule has 3 rings (SSSR count). The number of hydrogen-bond acceptors (Lipinski definition) is 4. The number of hydrogen-bond donors (Lipinski definition) is 1. The van der Waals surface area contributed by atoms with Gasteiger partial charge in [-0.2, -0.15) is 0 Å². The molecule has 0 unspecified atom stereocenters. The smallest absolute Gasteiger partial charge is 0.121 e. The molecule has 1 heterocycles. The summed E-state index contributed by atoms with van der Waals surface area (Å²) in [5, 5.41) is 9.81. The van der Waals surface area contributed by atoms with Crippen molar-refractivity contribution in [3.63, 3.8) is 0 Å². The quantitative estimate of drug-likeness (QED) is 0.881. The first-order valence-corrected chi connectivity index (χ1v) is 7.90. The Kier molecular flexibility index (Phi) is 4.63. The zero-order valence-corrected chi connectivity index (χ0v) is 13.6. The van der Waals surface area contributed by atoms with E-state index in [-0.39, 0.29) is 0 Å². The maximum atomic E-state index is 9.81. The van der Waals surface area contributed by atoms with Crippen molar-refractivity contribution >= 4 is 17.6 Å². The van der Waals surface area contributed by atoms with Gasteiger partial charge in [-0.3, -0.25) is 4.99 Å². The lowest BCUT2D eigenvalue weighted by molar-refractivity contribution is 0.122. The number of aliphatic imine (C=N–C) groups is 1. The molecule has 4 heteroatoms. The third kappa shape index (κ3) is 3.71. The van der Waals surface area contributed by atoms with E-state index < -0.39 is 0 Å². The number of nitrogens with zero attached hydrogens (tertiary/aromatic N) is 2. The number of aryl methyl sites for hydroxylation is 2. The third-order valence-electron chi connectivity index (χ3n) is 4.10. The minimum absolute atomic E-state index is 0.358. The number of ether oxygens (including phenoxy) is 1. The molecule has 120 valence electrons. The van der Waals surface area contributed by atoms with Gasteiger partial charge in [-0.15, -0.1) is 0 Å². The first kappa shape index (κ1) is 15.6. The van der Waals surface area contributed by atoms with Gasteiger partial charge in [0, 0.05) is 25.0 Å². The number of phenolic OH excluding ortho intramolecular Hbond substituents is 1. The van der Waals surface area contributed by atoms with E-state index in [1.807, 2.05) is 44.3 Å². The van der Waals surface area contributed by atoms with Crippen LogP contribution in [-0.4, -0.2) is 37.6 Å². The van der Waals surface area contributed by atoms with E-state index in [0.29, 0.717) is 5.75 Å². The minimum atomic E-state index is 0.358. The van der Waals surface area contributed by atoms with Crippen LogP contribution in [-0.2, 0) is 4.74 Å². The molecule has 23 heavy (non-hydrogen) atoms. The van der Waals surface area contributed by atoms with Crippen molar-refractivity contribution in [2.45, 2.75) is 13.8 Å². The van der Waals surface area contributed by atoms with Gasteiger partial charge in [0.05, 0.1) is 18.9 Å². The van der Waals surface area contributed by atoms with E-state index in [1.54, 1.807) is 0 Å². The number of phenols is 1. The molecular weight excluding hydrogens is 288 g/mol. The largest absolute Gasteiger partial charge is 0.507 e. The van der Waals surface area contributed by atoms with E-state index in [9.17, 15) is 5.11 Å². The Balaban J connectivity index is 1.72. The molecule has 0 aliphatic carbocycles. The SMILES string of the molecule is Cc1cc(C=Nc2ccc(N3CCOCC3)cc2)cc(C)c1O. The summed E-state index contributed by atoms with van der Waals surface area (Å²) in [6.45, 7) is 7.26. The molecule has 0 spiro atoms. The van der Waals surface area contributed by atoms with Crippen LogP contribution in [0.3, 0.4) is 0 Å². The number of rotatable bonds is 3. The van der Waals surface area contributed by atoms with Crippen LogP contribution >= 0.6 is 0 Å². The second kappa shape index (κ2) is 6.84. The molecule has 1 aliphatic rings. The van der Waals surface area contributed by atoms with Crippen LogP contribution in [0.5, 0.6) is 5.75 Å². The number of aromatic hydroxyl groups is 1. The van der Waals surface area contributed by atoms with Crippen molar-refractivity contribution < 1.29 is 9.84 Å². The summed E-state index contributed by atoms with van der Waals surface area (Å²) >= 11 is 0. The summed E-state index contributed by atoms with van der Waals surface area (Å²) in [4.78, 5) is 6.85. The topological polar surface area (TPSA) is 45.1 Å². The molecule has 0 amide bonds. The van der Waals surface area contributed by atoms with Gasteiger partial charge in [-0.25, -0.2) is 0 Å². The van der Waals surface area contributed by atoms with E-state index in [0.717, 1.165) is 48.7 Å². The molecule has 0 aromatic heterocycles. The van der Waals surface area contributed by atoms with Gasteiger partial charge in [0.2, 0.25) is 0 Å². The summed E-state index contributed by atoms with van der Waals surface area (Å²) in [5.41, 5.74) is 4.87. The molecule has 1 aliphatic heterocycles. The normalized spacial score (nSPS) is 15.3. The van der Waals surface area contributed by atoms with Gasteiger partial charge in [0.25, 0.3) is 0 Å². The molecule has 0 atom stereocenters. The van der Waals surface area contributed by atoms with Crippen LogP contribution in [0.2, 0.25) is 0 Å². The van der Waals surface area contributed by atoms with E-state index in [1.165, 1.54) is 5.69 Å². The zero-order valence-electron chi connectivity index (χ0n) is 13.6. The molecule has 0 bridgehead atoms. The lowest BCUT2D eigenvalue weighted by Gasteiger charge is -2.28. The predicted molar refractivity (Wildman–Crippen MR) is 94.3 cm³/mol. The minimum Gasteiger partial charge on any atom is -0.507 e. The number of anilines is 1. The maximum Gasteiger partial charge on any atom is 0.121 e. The van der Waals surface area contributed by atoms with Crippen molar-refractivity contribution in [3.8, 4) is 5.75 Å². The molecule has 0 radical (unpaired) electrons. The van der Waals surface area contributed by atoms with Gasteiger partial charge in [0.15, 0.2) is 0 Å². The Bertz CT molecular complexity index is 679. The summed E-state index contributed by atoms with van der Waals surface area (Å²) in [6.07, 6.45) is 1.84. The highest BCUT2D eigenvalue weighted by Crippen LogP contribution is 2.23. The van der Waals surface area contributed by atoms with Gasteiger partial charge in [0.1, 0.15) is 5.75 Å². The molecule has 4 nitrogen and oxygen atoms in total. The van der Waals surface area contributed by atoms with Crippen LogP contribution in [0.25, 0.3) is 0 Å². The van der Waals surface area contributed by atoms with E-state index in [2.05, 4.69) is 22.0 Å². The fraction of sp³-hybridized carbons (Fsp3) is 0.316. The van der Waals surface area contributed by atoms with Crippen LogP contribution in [0, 0.1) is 13.8 Å². The second-order valence-corrected chi connectivity index (χ2v) is 5.88. The van der Waals surface area contributed by atoms with E-state index in [4.69, 9.17) is 4.74 Å². The zero-order chi connectivity index (χ0) is 16.2. The lowest BCUT2D eigenvalue weighted by Crippen LogP contribution is -2.36. The predicted octanol–water partition coefficient (Wildman–Crippen LogP) is 3.60. The average molecular weight is 310 g/mol. The molecule has 2 aromatic rings. The van der Waals surface area contributed by atoms with Crippen molar-refractivity contribution in [3.05, 3.63) is 53.1 Å². The van der Waals surface area contributed by atoms with Gasteiger partial charge in [-0.1, -0.05) is 0 Å². The standard InChI is InChI=1S/C19H22N2O2/c1-14-11-16(12-15(2)19(14)22)13-20-17-3-5-18(6-4-17)21-7-9-23-10-8-21/h3-6,11-13,22H,7-10H2,1-2H3. The summed E-state index contributed by atoms with van der Waals surface area (Å²) in [6, 6.07) is 12.1. The lowest BCUT2D eigenvalue weighted by atomic mass is 10.1. The Hall–Kier alpha value is -2.33. The van der Waals surface area contributed by atoms with Crippen LogP contribution < -0.4 is 4.90 Å². The second-order valence-electron chi connectivity index (χ2n) is 5.88. The van der Waals surface area contributed by atoms with Crippen molar-refractivity contribution in [1.29, 1.82) is 0 Å². The first-order chi connectivity index (χ1) is 11.1. The first-order valence-electron chi connectivity index (χ1n) is 7.90. The fourth-order valence-corrected chi connectivity index (χ4v) is 2.78. The van der Waals surface area contributed by atoms with Crippen molar-refractivity contribution in [1.82, 2.24) is 0 Å². The number of morpholine rings is 1. The monoisotopic (exact) mass is 310 g/mol. The molecule has 2 aromatic carbocycles. The van der Waals surface area contributed by atoms with Crippen LogP contribution in [0.15, 0.2) is 41.4 Å². The van der Waals surface area contributed by atoms with Crippen LogP contribution in [0.1, 0.15) is 16.7 Å².